The molecular weight excluding hydrogens is 380 g/mol. The summed E-state index contributed by atoms with van der Waals surface area (Å²) in [6.07, 6.45) is 6.11. The summed E-state index contributed by atoms with van der Waals surface area (Å²) in [6, 6.07) is 10.3. The number of hydrogen-bond donors (Lipinski definition) is 0. The van der Waals surface area contributed by atoms with Gasteiger partial charge >= 0.3 is 0 Å². The van der Waals surface area contributed by atoms with Crippen molar-refractivity contribution in [3.63, 3.8) is 0 Å². The molecule has 0 bridgehead atoms. The number of amides is 1. The Kier molecular flexibility index (Phi) is 7.23. The molecule has 2 fully saturated rings. The zero-order valence-corrected chi connectivity index (χ0v) is 17.4. The van der Waals surface area contributed by atoms with E-state index in [2.05, 4.69) is 44.4 Å². The highest BCUT2D eigenvalue weighted by atomic mass is 16.5. The molecule has 1 aromatic carbocycles. The Labute approximate surface area is 177 Å². The lowest BCUT2D eigenvalue weighted by molar-refractivity contribution is 0.0359. The average Bonchev–Trinajstić information content (AvgIpc) is 3.28. The van der Waals surface area contributed by atoms with Crippen molar-refractivity contribution in [1.29, 1.82) is 0 Å². The van der Waals surface area contributed by atoms with E-state index in [0.717, 1.165) is 72.1 Å². The Morgan fingerprint density at radius 2 is 1.73 bits per heavy atom. The first kappa shape index (κ1) is 20.7. The number of piperazine rings is 1. The molecule has 2 aromatic rings. The van der Waals surface area contributed by atoms with E-state index in [0.29, 0.717) is 5.69 Å². The minimum Gasteiger partial charge on any atom is -0.379 e. The smallest absolute Gasteiger partial charge is 0.276 e. The van der Waals surface area contributed by atoms with Gasteiger partial charge in [-0.05, 0) is 5.56 Å². The third-order valence-electron chi connectivity index (χ3n) is 5.64. The highest BCUT2D eigenvalue weighted by molar-refractivity contribution is 5.92. The molecule has 3 heterocycles. The third-order valence-corrected chi connectivity index (χ3v) is 5.64. The van der Waals surface area contributed by atoms with Crippen LogP contribution in [-0.2, 0) is 11.3 Å². The molecule has 0 N–H and O–H groups in total. The van der Waals surface area contributed by atoms with E-state index < -0.39 is 0 Å². The van der Waals surface area contributed by atoms with Crippen molar-refractivity contribution in [3.05, 3.63) is 53.9 Å². The Morgan fingerprint density at radius 1 is 0.967 bits per heavy atom. The van der Waals surface area contributed by atoms with Crippen molar-refractivity contribution in [2.24, 2.45) is 0 Å². The summed E-state index contributed by atoms with van der Waals surface area (Å²) >= 11 is 0. The van der Waals surface area contributed by atoms with Gasteiger partial charge in [-0.2, -0.15) is 0 Å². The predicted octanol–water partition coefficient (Wildman–Crippen LogP) is 1.08. The summed E-state index contributed by atoms with van der Waals surface area (Å²) < 4.78 is 7.14. The highest BCUT2D eigenvalue weighted by Gasteiger charge is 2.23. The topological polar surface area (TPSA) is 66.7 Å². The van der Waals surface area contributed by atoms with Crippen molar-refractivity contribution in [2.75, 3.05) is 65.6 Å². The summed E-state index contributed by atoms with van der Waals surface area (Å²) in [4.78, 5) is 19.4. The Hall–Kier alpha value is -2.55. The average molecular weight is 411 g/mol. The van der Waals surface area contributed by atoms with Crippen LogP contribution in [0.4, 0.5) is 0 Å². The number of aromatic nitrogens is 3. The van der Waals surface area contributed by atoms with Gasteiger partial charge in [-0.1, -0.05) is 47.7 Å². The van der Waals surface area contributed by atoms with E-state index in [4.69, 9.17) is 4.74 Å². The van der Waals surface area contributed by atoms with E-state index >= 15 is 0 Å². The summed E-state index contributed by atoms with van der Waals surface area (Å²) in [5.74, 6) is -0.0212. The van der Waals surface area contributed by atoms with E-state index in [-0.39, 0.29) is 5.91 Å². The molecule has 4 rings (SSSR count). The summed E-state index contributed by atoms with van der Waals surface area (Å²) in [5.41, 5.74) is 1.65. The van der Waals surface area contributed by atoms with E-state index in [1.807, 2.05) is 23.1 Å². The second-order valence-electron chi connectivity index (χ2n) is 7.73. The number of ether oxygens (including phenoxy) is 1. The highest BCUT2D eigenvalue weighted by Crippen LogP contribution is 2.08. The first-order valence-corrected chi connectivity index (χ1v) is 10.7. The molecule has 0 radical (unpaired) electrons. The Morgan fingerprint density at radius 3 is 2.50 bits per heavy atom. The normalized spacial score (nSPS) is 18.9. The second kappa shape index (κ2) is 10.5. The summed E-state index contributed by atoms with van der Waals surface area (Å²) in [7, 11) is 0. The molecule has 2 aliphatic heterocycles. The lowest BCUT2D eigenvalue weighted by Gasteiger charge is -2.33. The molecule has 2 aliphatic rings. The number of rotatable bonds is 7. The van der Waals surface area contributed by atoms with Crippen molar-refractivity contribution in [1.82, 2.24) is 29.7 Å². The maximum absolute atomic E-state index is 12.8. The van der Waals surface area contributed by atoms with Crippen LogP contribution in [0.1, 0.15) is 16.1 Å². The first-order chi connectivity index (χ1) is 14.8. The van der Waals surface area contributed by atoms with E-state index in [1.54, 1.807) is 10.9 Å². The molecule has 1 aromatic heterocycles. The van der Waals surface area contributed by atoms with Crippen molar-refractivity contribution in [3.8, 4) is 0 Å². The number of morpholine rings is 1. The van der Waals surface area contributed by atoms with Crippen molar-refractivity contribution >= 4 is 12.0 Å². The van der Waals surface area contributed by atoms with Crippen molar-refractivity contribution in [2.45, 2.75) is 6.54 Å². The number of carbonyl (C=O) groups excluding carboxylic acids is 1. The molecule has 8 nitrogen and oxygen atoms in total. The summed E-state index contributed by atoms with van der Waals surface area (Å²) in [6.45, 7) is 9.19. The lowest BCUT2D eigenvalue weighted by atomic mass is 10.2. The lowest BCUT2D eigenvalue weighted by Crippen LogP contribution is -2.48. The molecule has 0 aliphatic carbocycles. The molecule has 30 heavy (non-hydrogen) atoms. The van der Waals surface area contributed by atoms with Gasteiger partial charge in [0.2, 0.25) is 0 Å². The van der Waals surface area contributed by atoms with Gasteiger partial charge in [0.15, 0.2) is 5.69 Å². The van der Waals surface area contributed by atoms with Gasteiger partial charge in [-0.25, -0.2) is 0 Å². The molecule has 0 unspecified atom stereocenters. The zero-order chi connectivity index (χ0) is 20.6. The Bertz CT molecular complexity index is 823. The van der Waals surface area contributed by atoms with Crippen LogP contribution in [0.5, 0.6) is 0 Å². The van der Waals surface area contributed by atoms with Gasteiger partial charge in [0.25, 0.3) is 5.91 Å². The van der Waals surface area contributed by atoms with Gasteiger partial charge in [-0.15, -0.1) is 5.10 Å². The molecule has 0 saturated carbocycles. The molecule has 0 atom stereocenters. The van der Waals surface area contributed by atoms with Crippen LogP contribution in [0.25, 0.3) is 6.08 Å². The molecule has 0 spiro atoms. The zero-order valence-electron chi connectivity index (χ0n) is 17.4. The van der Waals surface area contributed by atoms with Crippen LogP contribution in [0.3, 0.4) is 0 Å². The molecule has 8 heteroatoms. The number of nitrogens with zero attached hydrogens (tertiary/aromatic N) is 6. The summed E-state index contributed by atoms with van der Waals surface area (Å²) in [5, 5.41) is 8.25. The minimum atomic E-state index is -0.0212. The molecule has 2 saturated heterocycles. The van der Waals surface area contributed by atoms with Crippen molar-refractivity contribution < 1.29 is 9.53 Å². The van der Waals surface area contributed by atoms with Gasteiger partial charge in [0.1, 0.15) is 0 Å². The van der Waals surface area contributed by atoms with Crippen LogP contribution in [-0.4, -0.2) is 101 Å². The number of carbonyl (C=O) groups is 1. The fourth-order valence-corrected chi connectivity index (χ4v) is 3.77. The van der Waals surface area contributed by atoms with Gasteiger partial charge in [-0.3, -0.25) is 19.3 Å². The fourth-order valence-electron chi connectivity index (χ4n) is 3.77. The third kappa shape index (κ3) is 5.75. The molecule has 1 amide bonds. The standard InChI is InChI=1S/C22H30N6O2/c29-22(21-19-28(24-23-21)14-11-26-15-17-30-18-16-26)27-12-9-25(10-13-27)8-4-7-20-5-2-1-3-6-20/h1-7,19H,8-18H2/b7-4+. The number of benzene rings is 1. The van der Waals surface area contributed by atoms with Crippen LogP contribution in [0.2, 0.25) is 0 Å². The van der Waals surface area contributed by atoms with Crippen LogP contribution in [0.15, 0.2) is 42.6 Å². The monoisotopic (exact) mass is 410 g/mol. The maximum atomic E-state index is 12.8. The first-order valence-electron chi connectivity index (χ1n) is 10.7. The van der Waals surface area contributed by atoms with Gasteiger partial charge in [0.05, 0.1) is 26.0 Å². The Balaban J connectivity index is 1.20. The SMILES string of the molecule is O=C(c1cn(CCN2CCOCC2)nn1)N1CCN(C/C=C/c2ccccc2)CC1. The van der Waals surface area contributed by atoms with E-state index in [9.17, 15) is 4.79 Å². The van der Waals surface area contributed by atoms with Crippen LogP contribution >= 0.6 is 0 Å². The van der Waals surface area contributed by atoms with Crippen LogP contribution < -0.4 is 0 Å². The maximum Gasteiger partial charge on any atom is 0.276 e. The predicted molar refractivity (Wildman–Crippen MR) is 115 cm³/mol. The molecule has 160 valence electrons. The largest absolute Gasteiger partial charge is 0.379 e. The quantitative estimate of drug-likeness (QED) is 0.681. The fraction of sp³-hybridized carbons (Fsp3) is 0.500. The van der Waals surface area contributed by atoms with E-state index in [1.165, 1.54) is 5.56 Å². The number of hydrogen-bond acceptors (Lipinski definition) is 6. The van der Waals surface area contributed by atoms with Crippen LogP contribution in [0, 0.1) is 0 Å². The second-order valence-corrected chi connectivity index (χ2v) is 7.73. The molecular formula is C22H30N6O2. The minimum absolute atomic E-state index is 0.0212. The van der Waals surface area contributed by atoms with Gasteiger partial charge < -0.3 is 9.64 Å². The van der Waals surface area contributed by atoms with Gasteiger partial charge in [0, 0.05) is 52.4 Å².